The molecule has 2 aliphatic heterocycles. The van der Waals surface area contributed by atoms with Crippen LogP contribution >= 0.6 is 0 Å². The highest BCUT2D eigenvalue weighted by molar-refractivity contribution is 6.01. The van der Waals surface area contributed by atoms with Crippen molar-refractivity contribution >= 4 is 17.7 Å². The fourth-order valence-electron chi connectivity index (χ4n) is 5.38. The molecule has 0 bridgehead atoms. The fraction of sp³-hybridized carbons (Fsp3) is 0.464. The average Bonchev–Trinajstić information content (AvgIpc) is 3.48. The third-order valence-electron chi connectivity index (χ3n) is 7.40. The second kappa shape index (κ2) is 9.24. The van der Waals surface area contributed by atoms with Gasteiger partial charge in [0, 0.05) is 25.2 Å². The van der Waals surface area contributed by atoms with Gasteiger partial charge in [-0.3, -0.25) is 14.4 Å². The number of carbonyl (C=O) groups is 3. The van der Waals surface area contributed by atoms with Crippen LogP contribution in [0, 0.1) is 5.92 Å². The van der Waals surface area contributed by atoms with Gasteiger partial charge in [0.15, 0.2) is 0 Å². The Hall–Kier alpha value is -3.15. The van der Waals surface area contributed by atoms with E-state index < -0.39 is 12.1 Å². The van der Waals surface area contributed by atoms with E-state index in [1.807, 2.05) is 38.1 Å². The molecular weight excluding hydrogens is 426 g/mol. The molecule has 6 nitrogen and oxygen atoms in total. The lowest BCUT2D eigenvalue weighted by Gasteiger charge is -2.35. The number of likely N-dealkylation sites (tertiary alicyclic amines) is 1. The molecule has 2 aromatic rings. The summed E-state index contributed by atoms with van der Waals surface area (Å²) in [7, 11) is 0. The number of hydrogen-bond donors (Lipinski definition) is 1. The van der Waals surface area contributed by atoms with E-state index in [1.165, 1.54) is 18.4 Å². The smallest absolute Gasteiger partial charge is 0.255 e. The van der Waals surface area contributed by atoms with Crippen molar-refractivity contribution in [2.75, 3.05) is 6.54 Å². The van der Waals surface area contributed by atoms with Gasteiger partial charge in [0.25, 0.3) is 5.91 Å². The Balaban J connectivity index is 1.25. The average molecular weight is 460 g/mol. The second-order valence-electron chi connectivity index (χ2n) is 10.2. The topological polar surface area (TPSA) is 69.7 Å². The monoisotopic (exact) mass is 459 g/mol. The van der Waals surface area contributed by atoms with E-state index >= 15 is 0 Å². The van der Waals surface area contributed by atoms with Crippen LogP contribution in [0.25, 0.3) is 0 Å². The van der Waals surface area contributed by atoms with Crippen molar-refractivity contribution in [1.29, 1.82) is 0 Å². The van der Waals surface area contributed by atoms with Crippen LogP contribution in [0.5, 0.6) is 0 Å². The second-order valence-corrected chi connectivity index (χ2v) is 10.2. The van der Waals surface area contributed by atoms with E-state index in [1.54, 1.807) is 9.80 Å². The molecule has 1 aliphatic carbocycles. The van der Waals surface area contributed by atoms with Crippen molar-refractivity contribution in [3.05, 3.63) is 70.8 Å². The lowest BCUT2D eigenvalue weighted by atomic mass is 10.0. The number of hydrogen-bond acceptors (Lipinski definition) is 3. The number of amides is 3. The maximum atomic E-state index is 13.7. The molecule has 6 heteroatoms. The Morgan fingerprint density at radius 2 is 1.76 bits per heavy atom. The number of rotatable bonds is 7. The van der Waals surface area contributed by atoms with Crippen LogP contribution in [0.2, 0.25) is 0 Å². The molecule has 2 aromatic carbocycles. The molecule has 178 valence electrons. The number of nitrogens with zero attached hydrogens (tertiary/aromatic N) is 2. The predicted molar refractivity (Wildman–Crippen MR) is 130 cm³/mol. The summed E-state index contributed by atoms with van der Waals surface area (Å²) in [5, 5.41) is 3.04. The zero-order valence-electron chi connectivity index (χ0n) is 20.0. The van der Waals surface area contributed by atoms with Crippen LogP contribution in [0.1, 0.15) is 72.5 Å². The third-order valence-corrected chi connectivity index (χ3v) is 7.40. The van der Waals surface area contributed by atoms with Crippen LogP contribution in [-0.4, -0.2) is 46.1 Å². The van der Waals surface area contributed by atoms with Gasteiger partial charge in [0.1, 0.15) is 12.1 Å². The van der Waals surface area contributed by atoms with E-state index in [0.29, 0.717) is 37.5 Å². The van der Waals surface area contributed by atoms with Crippen LogP contribution in [0.4, 0.5) is 0 Å². The summed E-state index contributed by atoms with van der Waals surface area (Å²) < 4.78 is 0. The fourth-order valence-corrected chi connectivity index (χ4v) is 5.38. The van der Waals surface area contributed by atoms with Crippen molar-refractivity contribution in [2.24, 2.45) is 5.92 Å². The molecule has 1 unspecified atom stereocenters. The van der Waals surface area contributed by atoms with Gasteiger partial charge < -0.3 is 15.1 Å². The van der Waals surface area contributed by atoms with E-state index in [2.05, 4.69) is 29.6 Å². The Morgan fingerprint density at radius 3 is 2.44 bits per heavy atom. The van der Waals surface area contributed by atoms with Gasteiger partial charge in [-0.2, -0.15) is 0 Å². The first-order valence-corrected chi connectivity index (χ1v) is 12.5. The highest BCUT2D eigenvalue weighted by atomic mass is 16.2. The van der Waals surface area contributed by atoms with Crippen LogP contribution in [-0.2, 0) is 22.7 Å². The van der Waals surface area contributed by atoms with Crippen LogP contribution < -0.4 is 5.32 Å². The molecule has 0 radical (unpaired) electrons. The SMILES string of the molecule is CC(C)C(C(=O)N1CCC[C@H]1C(=O)NCc1ccc(C2CC2)cc1)N1Cc2ccccc2C1=O. The third kappa shape index (κ3) is 4.33. The van der Waals surface area contributed by atoms with Crippen molar-refractivity contribution in [3.8, 4) is 0 Å². The molecule has 0 spiro atoms. The summed E-state index contributed by atoms with van der Waals surface area (Å²) in [5.41, 5.74) is 4.06. The standard InChI is InChI=1S/C28H33N3O3/c1-18(2)25(31-17-22-6-3-4-7-23(22)27(31)33)28(34)30-15-5-8-24(30)26(32)29-16-19-9-11-20(12-10-19)21-13-14-21/h3-4,6-7,9-12,18,21,24-25H,5,8,13-17H2,1-2H3,(H,29,32)/t24-,25?/m0/s1. The van der Waals surface area contributed by atoms with Gasteiger partial charge in [0.2, 0.25) is 11.8 Å². The largest absolute Gasteiger partial charge is 0.350 e. The van der Waals surface area contributed by atoms with E-state index in [4.69, 9.17) is 0 Å². The van der Waals surface area contributed by atoms with Crippen molar-refractivity contribution in [1.82, 2.24) is 15.1 Å². The van der Waals surface area contributed by atoms with Gasteiger partial charge in [0.05, 0.1) is 0 Å². The Bertz CT molecular complexity index is 1090. The summed E-state index contributed by atoms with van der Waals surface area (Å²) in [4.78, 5) is 43.3. The molecule has 1 saturated heterocycles. The first-order valence-electron chi connectivity index (χ1n) is 12.5. The molecule has 0 aromatic heterocycles. The minimum absolute atomic E-state index is 0.0555. The Morgan fingerprint density at radius 1 is 1.03 bits per heavy atom. The Kier molecular flexibility index (Phi) is 6.15. The molecule has 3 amide bonds. The highest BCUT2D eigenvalue weighted by Crippen LogP contribution is 2.39. The normalized spacial score (nSPS) is 20.6. The molecule has 5 rings (SSSR count). The minimum atomic E-state index is -0.580. The lowest BCUT2D eigenvalue weighted by Crippen LogP contribution is -2.55. The van der Waals surface area contributed by atoms with Gasteiger partial charge in [-0.05, 0) is 60.3 Å². The van der Waals surface area contributed by atoms with Crippen LogP contribution in [0.15, 0.2) is 48.5 Å². The number of carbonyl (C=O) groups excluding carboxylic acids is 3. The number of fused-ring (bicyclic) bond motifs is 1. The van der Waals surface area contributed by atoms with Crippen molar-refractivity contribution in [2.45, 2.75) is 70.6 Å². The molecule has 1 saturated carbocycles. The zero-order chi connectivity index (χ0) is 23.8. The molecular formula is C28H33N3O3. The summed E-state index contributed by atoms with van der Waals surface area (Å²) in [6.45, 7) is 5.37. The maximum absolute atomic E-state index is 13.7. The highest BCUT2D eigenvalue weighted by Gasteiger charge is 2.43. The molecule has 1 N–H and O–H groups in total. The van der Waals surface area contributed by atoms with E-state index in [-0.39, 0.29) is 23.6 Å². The van der Waals surface area contributed by atoms with E-state index in [9.17, 15) is 14.4 Å². The molecule has 2 fully saturated rings. The zero-order valence-corrected chi connectivity index (χ0v) is 20.0. The van der Waals surface area contributed by atoms with E-state index in [0.717, 1.165) is 17.5 Å². The predicted octanol–water partition coefficient (Wildman–Crippen LogP) is 3.85. The van der Waals surface area contributed by atoms with Gasteiger partial charge in [-0.1, -0.05) is 56.3 Å². The van der Waals surface area contributed by atoms with Crippen molar-refractivity contribution < 1.29 is 14.4 Å². The summed E-state index contributed by atoms with van der Waals surface area (Å²) >= 11 is 0. The number of nitrogens with one attached hydrogen (secondary N) is 1. The van der Waals surface area contributed by atoms with Gasteiger partial charge >= 0.3 is 0 Å². The summed E-state index contributed by atoms with van der Waals surface area (Å²) in [6, 6.07) is 14.9. The molecule has 34 heavy (non-hydrogen) atoms. The summed E-state index contributed by atoms with van der Waals surface area (Å²) in [5.74, 6) is 0.321. The van der Waals surface area contributed by atoms with Crippen LogP contribution in [0.3, 0.4) is 0 Å². The first-order chi connectivity index (χ1) is 16.4. The summed E-state index contributed by atoms with van der Waals surface area (Å²) in [6.07, 6.45) is 3.98. The number of benzene rings is 2. The Labute approximate surface area is 201 Å². The van der Waals surface area contributed by atoms with Gasteiger partial charge in [-0.25, -0.2) is 0 Å². The van der Waals surface area contributed by atoms with Crippen molar-refractivity contribution in [3.63, 3.8) is 0 Å². The first kappa shape index (κ1) is 22.6. The van der Waals surface area contributed by atoms with Gasteiger partial charge in [-0.15, -0.1) is 0 Å². The molecule has 3 aliphatic rings. The lowest BCUT2D eigenvalue weighted by molar-refractivity contribution is -0.143. The molecule has 2 atom stereocenters. The maximum Gasteiger partial charge on any atom is 0.255 e. The molecule has 2 heterocycles. The quantitative estimate of drug-likeness (QED) is 0.684. The minimum Gasteiger partial charge on any atom is -0.350 e.